The number of ether oxygens (including phenoxy) is 1. The summed E-state index contributed by atoms with van der Waals surface area (Å²) >= 11 is 9.86. The van der Waals surface area contributed by atoms with Crippen LogP contribution in [0, 0.1) is 0 Å². The third-order valence-corrected chi connectivity index (χ3v) is 4.40. The van der Waals surface area contributed by atoms with Gasteiger partial charge in [-0.05, 0) is 37.2 Å². The maximum Gasteiger partial charge on any atom is 0.121 e. The molecule has 0 saturated carbocycles. The SMILES string of the molecule is CCNC(C)c1ccc(OCc2ccccc2Br)cc1Cl. The van der Waals surface area contributed by atoms with Crippen molar-refractivity contribution in [2.45, 2.75) is 26.5 Å². The minimum Gasteiger partial charge on any atom is -0.489 e. The van der Waals surface area contributed by atoms with Crippen molar-refractivity contribution in [3.63, 3.8) is 0 Å². The minimum absolute atomic E-state index is 0.236. The Morgan fingerprint density at radius 1 is 1.24 bits per heavy atom. The number of benzene rings is 2. The van der Waals surface area contributed by atoms with E-state index in [0.29, 0.717) is 6.61 Å². The topological polar surface area (TPSA) is 21.3 Å². The summed E-state index contributed by atoms with van der Waals surface area (Å²) in [5.74, 6) is 0.781. The van der Waals surface area contributed by atoms with E-state index in [1.807, 2.05) is 42.5 Å². The smallest absolute Gasteiger partial charge is 0.121 e. The first-order chi connectivity index (χ1) is 10.1. The summed E-state index contributed by atoms with van der Waals surface area (Å²) in [5.41, 5.74) is 2.20. The summed E-state index contributed by atoms with van der Waals surface area (Å²) < 4.78 is 6.86. The molecule has 0 radical (unpaired) electrons. The molecule has 21 heavy (non-hydrogen) atoms. The molecule has 0 aromatic heterocycles. The lowest BCUT2D eigenvalue weighted by atomic mass is 10.1. The number of halogens is 2. The van der Waals surface area contributed by atoms with Gasteiger partial charge in [0.15, 0.2) is 0 Å². The zero-order valence-corrected chi connectivity index (χ0v) is 14.5. The fraction of sp³-hybridized carbons (Fsp3) is 0.294. The van der Waals surface area contributed by atoms with E-state index in [0.717, 1.165) is 32.9 Å². The fourth-order valence-electron chi connectivity index (χ4n) is 2.14. The van der Waals surface area contributed by atoms with Gasteiger partial charge in [0.25, 0.3) is 0 Å². The molecular formula is C17H19BrClNO. The molecule has 0 fully saturated rings. The molecule has 4 heteroatoms. The zero-order chi connectivity index (χ0) is 15.2. The molecule has 0 aliphatic rings. The average molecular weight is 369 g/mol. The quantitative estimate of drug-likeness (QED) is 0.742. The van der Waals surface area contributed by atoms with Crippen LogP contribution in [0.15, 0.2) is 46.9 Å². The van der Waals surface area contributed by atoms with Crippen molar-refractivity contribution in [3.05, 3.63) is 63.1 Å². The van der Waals surface area contributed by atoms with Crippen LogP contribution in [-0.2, 0) is 6.61 Å². The van der Waals surface area contributed by atoms with Gasteiger partial charge in [0.2, 0.25) is 0 Å². The molecule has 2 nitrogen and oxygen atoms in total. The van der Waals surface area contributed by atoms with Crippen molar-refractivity contribution in [1.29, 1.82) is 0 Å². The largest absolute Gasteiger partial charge is 0.489 e. The molecular weight excluding hydrogens is 350 g/mol. The molecule has 2 rings (SSSR count). The van der Waals surface area contributed by atoms with Crippen LogP contribution < -0.4 is 10.1 Å². The zero-order valence-electron chi connectivity index (χ0n) is 12.2. The molecule has 0 saturated heterocycles. The van der Waals surface area contributed by atoms with Gasteiger partial charge < -0.3 is 10.1 Å². The summed E-state index contributed by atoms with van der Waals surface area (Å²) in [6, 6.07) is 14.1. The third-order valence-electron chi connectivity index (χ3n) is 3.30. The Labute approximate surface area is 139 Å². The Bertz CT molecular complexity index is 603. The van der Waals surface area contributed by atoms with Crippen LogP contribution in [0.4, 0.5) is 0 Å². The maximum atomic E-state index is 6.34. The molecule has 2 aromatic rings. The number of nitrogens with one attached hydrogen (secondary N) is 1. The van der Waals surface area contributed by atoms with Gasteiger partial charge in [-0.3, -0.25) is 0 Å². The van der Waals surface area contributed by atoms with Gasteiger partial charge in [-0.2, -0.15) is 0 Å². The Hall–Kier alpha value is -1.03. The molecule has 1 N–H and O–H groups in total. The highest BCUT2D eigenvalue weighted by atomic mass is 79.9. The minimum atomic E-state index is 0.236. The average Bonchev–Trinajstić information content (AvgIpc) is 2.46. The number of hydrogen-bond donors (Lipinski definition) is 1. The van der Waals surface area contributed by atoms with Crippen LogP contribution in [-0.4, -0.2) is 6.54 Å². The Kier molecular flexibility index (Phi) is 6.09. The van der Waals surface area contributed by atoms with E-state index in [4.69, 9.17) is 16.3 Å². The second kappa shape index (κ2) is 7.83. The van der Waals surface area contributed by atoms with Gasteiger partial charge in [-0.1, -0.05) is 58.7 Å². The first kappa shape index (κ1) is 16.3. The van der Waals surface area contributed by atoms with Gasteiger partial charge in [0.05, 0.1) is 0 Å². The highest BCUT2D eigenvalue weighted by molar-refractivity contribution is 9.10. The fourth-order valence-corrected chi connectivity index (χ4v) is 2.87. The second-order valence-corrected chi connectivity index (χ2v) is 6.10. The first-order valence-corrected chi connectivity index (χ1v) is 8.18. The molecule has 0 aliphatic carbocycles. The normalized spacial score (nSPS) is 12.2. The molecule has 1 unspecified atom stereocenters. The summed E-state index contributed by atoms with van der Waals surface area (Å²) in [6.45, 7) is 5.61. The number of hydrogen-bond acceptors (Lipinski definition) is 2. The molecule has 0 bridgehead atoms. The van der Waals surface area contributed by atoms with Gasteiger partial charge in [0.1, 0.15) is 12.4 Å². The monoisotopic (exact) mass is 367 g/mol. The van der Waals surface area contributed by atoms with Crippen LogP contribution in [0.1, 0.15) is 31.0 Å². The van der Waals surface area contributed by atoms with Crippen molar-refractivity contribution < 1.29 is 4.74 Å². The van der Waals surface area contributed by atoms with E-state index in [1.54, 1.807) is 0 Å². The maximum absolute atomic E-state index is 6.34. The van der Waals surface area contributed by atoms with Crippen molar-refractivity contribution >= 4 is 27.5 Å². The summed E-state index contributed by atoms with van der Waals surface area (Å²) in [5, 5.41) is 4.09. The van der Waals surface area contributed by atoms with E-state index in [1.165, 1.54) is 0 Å². The second-order valence-electron chi connectivity index (χ2n) is 4.84. The Balaban J connectivity index is 2.05. The van der Waals surface area contributed by atoms with Crippen molar-refractivity contribution in [2.24, 2.45) is 0 Å². The lowest BCUT2D eigenvalue weighted by Gasteiger charge is -2.15. The summed E-state index contributed by atoms with van der Waals surface area (Å²) in [4.78, 5) is 0. The van der Waals surface area contributed by atoms with Gasteiger partial charge in [-0.15, -0.1) is 0 Å². The summed E-state index contributed by atoms with van der Waals surface area (Å²) in [7, 11) is 0. The number of rotatable bonds is 6. The van der Waals surface area contributed by atoms with Crippen LogP contribution in [0.5, 0.6) is 5.75 Å². The van der Waals surface area contributed by atoms with Crippen LogP contribution in [0.3, 0.4) is 0 Å². The molecule has 2 aromatic carbocycles. The predicted octanol–water partition coefficient (Wildman–Crippen LogP) is 5.35. The van der Waals surface area contributed by atoms with E-state index in [9.17, 15) is 0 Å². The molecule has 0 spiro atoms. The summed E-state index contributed by atoms with van der Waals surface area (Å²) in [6.07, 6.45) is 0. The van der Waals surface area contributed by atoms with E-state index in [-0.39, 0.29) is 6.04 Å². The lowest BCUT2D eigenvalue weighted by molar-refractivity contribution is 0.305. The van der Waals surface area contributed by atoms with Crippen molar-refractivity contribution in [1.82, 2.24) is 5.32 Å². The highest BCUT2D eigenvalue weighted by Crippen LogP contribution is 2.28. The molecule has 0 aliphatic heterocycles. The lowest BCUT2D eigenvalue weighted by Crippen LogP contribution is -2.17. The van der Waals surface area contributed by atoms with Gasteiger partial charge in [0, 0.05) is 21.1 Å². The van der Waals surface area contributed by atoms with Gasteiger partial charge in [-0.25, -0.2) is 0 Å². The van der Waals surface area contributed by atoms with Crippen LogP contribution >= 0.6 is 27.5 Å². The molecule has 0 heterocycles. The van der Waals surface area contributed by atoms with Crippen molar-refractivity contribution in [3.8, 4) is 5.75 Å². The standard InChI is InChI=1S/C17H19BrClNO/c1-3-20-12(2)15-9-8-14(10-17(15)19)21-11-13-6-4-5-7-16(13)18/h4-10,12,20H,3,11H2,1-2H3. The molecule has 0 amide bonds. The predicted molar refractivity (Wildman–Crippen MR) is 92.0 cm³/mol. The van der Waals surface area contributed by atoms with E-state index >= 15 is 0 Å². The Morgan fingerprint density at radius 2 is 2.00 bits per heavy atom. The van der Waals surface area contributed by atoms with Crippen molar-refractivity contribution in [2.75, 3.05) is 6.54 Å². The van der Waals surface area contributed by atoms with Gasteiger partial charge >= 0.3 is 0 Å². The third kappa shape index (κ3) is 4.47. The van der Waals surface area contributed by atoms with Crippen LogP contribution in [0.2, 0.25) is 5.02 Å². The van der Waals surface area contributed by atoms with Crippen LogP contribution in [0.25, 0.3) is 0 Å². The van der Waals surface area contributed by atoms with E-state index in [2.05, 4.69) is 35.1 Å². The molecule has 112 valence electrons. The Morgan fingerprint density at radius 3 is 2.67 bits per heavy atom. The first-order valence-electron chi connectivity index (χ1n) is 7.01. The highest BCUT2D eigenvalue weighted by Gasteiger charge is 2.09. The molecule has 1 atom stereocenters. The van der Waals surface area contributed by atoms with E-state index < -0.39 is 0 Å².